The molecule has 92 valence electrons. The van der Waals surface area contributed by atoms with Gasteiger partial charge in [-0.25, -0.2) is 0 Å². The van der Waals surface area contributed by atoms with E-state index in [1.165, 1.54) is 45.1 Å². The Balaban J connectivity index is 1.65. The third kappa shape index (κ3) is 1.91. The molecule has 3 rings (SSSR count). The molecule has 2 heterocycles. The van der Waals surface area contributed by atoms with Crippen LogP contribution in [-0.4, -0.2) is 47.6 Å². The van der Waals surface area contributed by atoms with Gasteiger partial charge in [-0.2, -0.15) is 11.8 Å². The quantitative estimate of drug-likeness (QED) is 0.810. The molecular weight excluding hydrogens is 216 g/mol. The van der Waals surface area contributed by atoms with Crippen LogP contribution in [0.3, 0.4) is 0 Å². The molecule has 0 amide bonds. The van der Waals surface area contributed by atoms with Crippen molar-refractivity contribution in [3.05, 3.63) is 0 Å². The van der Waals surface area contributed by atoms with Gasteiger partial charge in [-0.1, -0.05) is 0 Å². The minimum atomic E-state index is 0.660. The summed E-state index contributed by atoms with van der Waals surface area (Å²) in [6.07, 6.45) is 10.9. The molecule has 3 heteroatoms. The number of thioether (sulfide) groups is 1. The fourth-order valence-electron chi connectivity index (χ4n) is 3.67. The van der Waals surface area contributed by atoms with Crippen LogP contribution in [0.5, 0.6) is 0 Å². The maximum Gasteiger partial charge on any atom is 0.0285 e. The van der Waals surface area contributed by atoms with Crippen molar-refractivity contribution in [1.82, 2.24) is 10.2 Å². The highest BCUT2D eigenvalue weighted by atomic mass is 32.2. The molecule has 1 aliphatic carbocycles. The maximum absolute atomic E-state index is 3.49. The Morgan fingerprint density at radius 1 is 1.25 bits per heavy atom. The fourth-order valence-corrected chi connectivity index (χ4v) is 4.46. The molecule has 2 atom stereocenters. The lowest BCUT2D eigenvalue weighted by atomic mass is 9.97. The smallest absolute Gasteiger partial charge is 0.0285 e. The molecule has 0 aromatic rings. The van der Waals surface area contributed by atoms with Crippen molar-refractivity contribution >= 4 is 11.8 Å². The lowest BCUT2D eigenvalue weighted by Crippen LogP contribution is -2.50. The molecular formula is C13H24N2S. The van der Waals surface area contributed by atoms with Crippen LogP contribution in [0.1, 0.15) is 38.5 Å². The second-order valence-electron chi connectivity index (χ2n) is 5.90. The molecule has 2 unspecified atom stereocenters. The second kappa shape index (κ2) is 4.18. The van der Waals surface area contributed by atoms with Crippen LogP contribution in [0.25, 0.3) is 0 Å². The van der Waals surface area contributed by atoms with Crippen LogP contribution in [0.2, 0.25) is 0 Å². The van der Waals surface area contributed by atoms with Crippen LogP contribution >= 0.6 is 11.8 Å². The first-order valence-electron chi connectivity index (χ1n) is 6.74. The summed E-state index contributed by atoms with van der Waals surface area (Å²) in [6, 6.07) is 2.57. The molecule has 2 nitrogen and oxygen atoms in total. The highest BCUT2D eigenvalue weighted by Crippen LogP contribution is 2.50. The van der Waals surface area contributed by atoms with Crippen LogP contribution in [0, 0.1) is 0 Å². The molecule has 2 bridgehead atoms. The third-order valence-electron chi connectivity index (χ3n) is 5.00. The standard InChI is InChI=1S/C13H24N2S/c1-14-10-7-11-3-4-12(8-10)15(11)9-13(16-2)5-6-13/h10-12,14H,3-9H2,1-2H3. The van der Waals surface area contributed by atoms with Gasteiger partial charge in [0, 0.05) is 29.4 Å². The van der Waals surface area contributed by atoms with Crippen LogP contribution in [-0.2, 0) is 0 Å². The number of fused-ring (bicyclic) bond motifs is 2. The average Bonchev–Trinajstić information content (AvgIpc) is 3.03. The Labute approximate surface area is 104 Å². The topological polar surface area (TPSA) is 15.3 Å². The van der Waals surface area contributed by atoms with Gasteiger partial charge in [0.15, 0.2) is 0 Å². The Bertz CT molecular complexity index is 251. The van der Waals surface area contributed by atoms with Crippen LogP contribution < -0.4 is 5.32 Å². The summed E-state index contributed by atoms with van der Waals surface area (Å²) in [5.74, 6) is 0. The monoisotopic (exact) mass is 240 g/mol. The van der Waals surface area contributed by atoms with Gasteiger partial charge in [0.25, 0.3) is 0 Å². The Hall–Kier alpha value is 0.270. The van der Waals surface area contributed by atoms with Crippen molar-refractivity contribution < 1.29 is 0 Å². The third-order valence-corrected chi connectivity index (χ3v) is 6.41. The van der Waals surface area contributed by atoms with Gasteiger partial charge in [-0.05, 0) is 51.8 Å². The molecule has 1 N–H and O–H groups in total. The van der Waals surface area contributed by atoms with E-state index in [0.717, 1.165) is 18.1 Å². The van der Waals surface area contributed by atoms with E-state index >= 15 is 0 Å². The van der Waals surface area contributed by atoms with Crippen molar-refractivity contribution in [2.45, 2.75) is 61.4 Å². The highest BCUT2D eigenvalue weighted by molar-refractivity contribution is 8.00. The number of piperidine rings is 1. The summed E-state index contributed by atoms with van der Waals surface area (Å²) in [5.41, 5.74) is 0. The lowest BCUT2D eigenvalue weighted by Gasteiger charge is -2.40. The number of nitrogens with one attached hydrogen (secondary N) is 1. The lowest BCUT2D eigenvalue weighted by molar-refractivity contribution is 0.118. The van der Waals surface area contributed by atoms with E-state index < -0.39 is 0 Å². The number of hydrogen-bond donors (Lipinski definition) is 1. The fraction of sp³-hybridized carbons (Fsp3) is 1.00. The first kappa shape index (κ1) is 11.4. The molecule has 0 aromatic heterocycles. The van der Waals surface area contributed by atoms with Crippen LogP contribution in [0.4, 0.5) is 0 Å². The summed E-state index contributed by atoms with van der Waals surface area (Å²) in [4.78, 5) is 2.86. The molecule has 3 fully saturated rings. The molecule has 0 spiro atoms. The number of hydrogen-bond acceptors (Lipinski definition) is 3. The Kier molecular flexibility index (Phi) is 2.97. The minimum absolute atomic E-state index is 0.660. The molecule has 0 aromatic carbocycles. The molecule has 2 saturated heterocycles. The van der Waals surface area contributed by atoms with Crippen molar-refractivity contribution in [1.29, 1.82) is 0 Å². The largest absolute Gasteiger partial charge is 0.317 e. The van der Waals surface area contributed by atoms with Crippen molar-refractivity contribution in [2.24, 2.45) is 0 Å². The highest BCUT2D eigenvalue weighted by Gasteiger charge is 2.48. The van der Waals surface area contributed by atoms with E-state index in [1.807, 2.05) is 0 Å². The van der Waals surface area contributed by atoms with E-state index in [9.17, 15) is 0 Å². The normalized spacial score (nSPS) is 41.2. The average molecular weight is 240 g/mol. The summed E-state index contributed by atoms with van der Waals surface area (Å²) >= 11 is 2.11. The summed E-state index contributed by atoms with van der Waals surface area (Å²) in [7, 11) is 2.13. The summed E-state index contributed by atoms with van der Waals surface area (Å²) < 4.78 is 0.660. The van der Waals surface area contributed by atoms with Crippen molar-refractivity contribution in [3.63, 3.8) is 0 Å². The predicted molar refractivity (Wildman–Crippen MR) is 71.1 cm³/mol. The molecule has 2 aliphatic heterocycles. The Morgan fingerprint density at radius 3 is 2.31 bits per heavy atom. The zero-order valence-electron chi connectivity index (χ0n) is 10.5. The SMILES string of the molecule is CNC1CC2CCC(C1)N2CC1(SC)CC1. The van der Waals surface area contributed by atoms with Crippen molar-refractivity contribution in [3.8, 4) is 0 Å². The van der Waals surface area contributed by atoms with Crippen molar-refractivity contribution in [2.75, 3.05) is 19.8 Å². The van der Waals surface area contributed by atoms with E-state index in [2.05, 4.69) is 35.3 Å². The van der Waals surface area contributed by atoms with Crippen LogP contribution in [0.15, 0.2) is 0 Å². The minimum Gasteiger partial charge on any atom is -0.317 e. The van der Waals surface area contributed by atoms with E-state index in [0.29, 0.717) is 4.75 Å². The zero-order valence-corrected chi connectivity index (χ0v) is 11.4. The van der Waals surface area contributed by atoms with Gasteiger partial charge in [0.05, 0.1) is 0 Å². The van der Waals surface area contributed by atoms with E-state index in [1.54, 1.807) is 0 Å². The molecule has 16 heavy (non-hydrogen) atoms. The van der Waals surface area contributed by atoms with Gasteiger partial charge >= 0.3 is 0 Å². The Morgan fingerprint density at radius 2 is 1.88 bits per heavy atom. The van der Waals surface area contributed by atoms with E-state index in [-0.39, 0.29) is 0 Å². The second-order valence-corrected chi connectivity index (χ2v) is 7.18. The van der Waals surface area contributed by atoms with Gasteiger partial charge in [-0.3, -0.25) is 4.90 Å². The predicted octanol–water partition coefficient (Wildman–Crippen LogP) is 2.10. The van der Waals surface area contributed by atoms with Gasteiger partial charge < -0.3 is 5.32 Å². The first-order valence-corrected chi connectivity index (χ1v) is 7.97. The molecule has 1 saturated carbocycles. The van der Waals surface area contributed by atoms with Gasteiger partial charge in [0.2, 0.25) is 0 Å². The molecule has 3 aliphatic rings. The zero-order chi connectivity index (χ0) is 11.2. The maximum atomic E-state index is 3.49. The number of rotatable bonds is 4. The van der Waals surface area contributed by atoms with E-state index in [4.69, 9.17) is 0 Å². The summed E-state index contributed by atoms with van der Waals surface area (Å²) in [5, 5.41) is 3.49. The summed E-state index contributed by atoms with van der Waals surface area (Å²) in [6.45, 7) is 1.37. The molecule has 0 radical (unpaired) electrons. The first-order chi connectivity index (χ1) is 7.76. The van der Waals surface area contributed by atoms with Gasteiger partial charge in [0.1, 0.15) is 0 Å². The van der Waals surface area contributed by atoms with Gasteiger partial charge in [-0.15, -0.1) is 0 Å². The number of nitrogens with zero attached hydrogens (tertiary/aromatic N) is 1.